The van der Waals surface area contributed by atoms with Crippen molar-refractivity contribution in [1.29, 1.82) is 0 Å². The number of benzene rings is 1. The molecule has 1 atom stereocenters. The van der Waals surface area contributed by atoms with Gasteiger partial charge in [0.15, 0.2) is 0 Å². The Kier molecular flexibility index (Phi) is 6.56. The van der Waals surface area contributed by atoms with Crippen molar-refractivity contribution in [2.75, 3.05) is 13.2 Å². The maximum absolute atomic E-state index is 11.4. The third-order valence-electron chi connectivity index (χ3n) is 2.40. The number of carbonyl (C=O) groups excluding carboxylic acids is 1. The highest BCUT2D eigenvalue weighted by Gasteiger charge is 2.18. The highest BCUT2D eigenvalue weighted by molar-refractivity contribution is 5.84. The number of carbonyl (C=O) groups is 2. The van der Waals surface area contributed by atoms with Gasteiger partial charge in [0.2, 0.25) is 5.91 Å². The van der Waals surface area contributed by atoms with E-state index in [9.17, 15) is 9.59 Å². The van der Waals surface area contributed by atoms with Gasteiger partial charge in [-0.05, 0) is 5.56 Å². The maximum Gasteiger partial charge on any atom is 0.326 e. The summed E-state index contributed by atoms with van der Waals surface area (Å²) < 4.78 is 5.17. The number of amides is 1. The van der Waals surface area contributed by atoms with E-state index >= 15 is 0 Å². The average Bonchev–Trinajstić information content (AvgIpc) is 2.39. The number of aliphatic carboxylic acids is 1. The Balaban J connectivity index is 2.29. The van der Waals surface area contributed by atoms with Crippen molar-refractivity contribution in [3.05, 3.63) is 35.9 Å². The van der Waals surface area contributed by atoms with Crippen molar-refractivity contribution in [3.63, 3.8) is 0 Å². The molecule has 104 valence electrons. The van der Waals surface area contributed by atoms with Crippen molar-refractivity contribution in [1.82, 2.24) is 5.32 Å². The molecule has 1 aromatic carbocycles. The van der Waals surface area contributed by atoms with Crippen LogP contribution in [0.4, 0.5) is 0 Å². The molecule has 1 aromatic rings. The van der Waals surface area contributed by atoms with Crippen LogP contribution >= 0.6 is 0 Å². The molecule has 0 aliphatic heterocycles. The van der Waals surface area contributed by atoms with Gasteiger partial charge in [0, 0.05) is 13.0 Å². The minimum absolute atomic E-state index is 0.0280. The second kappa shape index (κ2) is 8.23. The van der Waals surface area contributed by atoms with Crippen molar-refractivity contribution >= 4 is 11.9 Å². The monoisotopic (exact) mass is 267 g/mol. The molecule has 6 nitrogen and oxygen atoms in total. The maximum atomic E-state index is 11.4. The minimum Gasteiger partial charge on any atom is -0.480 e. The third-order valence-corrected chi connectivity index (χ3v) is 2.40. The molecule has 0 spiro atoms. The minimum atomic E-state index is -1.18. The number of carboxylic acid groups (broad SMARTS) is 1. The Morgan fingerprint density at radius 3 is 2.53 bits per heavy atom. The summed E-state index contributed by atoms with van der Waals surface area (Å²) in [6.07, 6.45) is -0.0280. The first kappa shape index (κ1) is 15.1. The van der Waals surface area contributed by atoms with Crippen LogP contribution in [0.2, 0.25) is 0 Å². The van der Waals surface area contributed by atoms with Gasteiger partial charge in [-0.3, -0.25) is 4.79 Å². The fraction of sp³-hybridized carbons (Fsp3) is 0.385. The van der Waals surface area contributed by atoms with Crippen molar-refractivity contribution in [2.24, 2.45) is 0 Å². The molecule has 0 fully saturated rings. The molecule has 1 rings (SSSR count). The smallest absolute Gasteiger partial charge is 0.326 e. The lowest BCUT2D eigenvalue weighted by Crippen LogP contribution is -2.43. The molecule has 6 heteroatoms. The molecule has 1 amide bonds. The van der Waals surface area contributed by atoms with E-state index < -0.39 is 17.9 Å². The quantitative estimate of drug-likeness (QED) is 0.623. The second-order valence-electron chi connectivity index (χ2n) is 3.95. The predicted molar refractivity (Wildman–Crippen MR) is 67.4 cm³/mol. The van der Waals surface area contributed by atoms with Gasteiger partial charge in [-0.1, -0.05) is 30.3 Å². The summed E-state index contributed by atoms with van der Waals surface area (Å²) in [6, 6.07) is 8.24. The number of rotatable bonds is 8. The Hall–Kier alpha value is -1.92. The number of hydrogen-bond donors (Lipinski definition) is 3. The summed E-state index contributed by atoms with van der Waals surface area (Å²) in [5.41, 5.74) is 0.931. The van der Waals surface area contributed by atoms with Gasteiger partial charge in [-0.2, -0.15) is 0 Å². The number of ether oxygens (including phenoxy) is 1. The molecule has 0 unspecified atom stereocenters. The van der Waals surface area contributed by atoms with E-state index in [0.29, 0.717) is 0 Å². The molecule has 19 heavy (non-hydrogen) atoms. The summed E-state index contributed by atoms with van der Waals surface area (Å²) in [4.78, 5) is 22.2. The van der Waals surface area contributed by atoms with Crippen LogP contribution in [0.15, 0.2) is 30.3 Å². The van der Waals surface area contributed by atoms with Crippen LogP contribution in [0.25, 0.3) is 0 Å². The first-order chi connectivity index (χ1) is 9.13. The zero-order valence-corrected chi connectivity index (χ0v) is 10.4. The van der Waals surface area contributed by atoms with E-state index in [-0.39, 0.29) is 26.2 Å². The number of carboxylic acids is 1. The molecular formula is C13H17NO5. The zero-order valence-electron chi connectivity index (χ0n) is 10.4. The average molecular weight is 267 g/mol. The van der Waals surface area contributed by atoms with E-state index in [1.807, 2.05) is 30.3 Å². The Morgan fingerprint density at radius 1 is 1.26 bits per heavy atom. The van der Waals surface area contributed by atoms with Gasteiger partial charge in [0.1, 0.15) is 12.6 Å². The van der Waals surface area contributed by atoms with Gasteiger partial charge in [0.25, 0.3) is 0 Å². The third kappa shape index (κ3) is 5.98. The molecule has 0 aromatic heterocycles. The number of hydrogen-bond acceptors (Lipinski definition) is 4. The van der Waals surface area contributed by atoms with Crippen molar-refractivity contribution < 1.29 is 24.5 Å². The summed E-state index contributed by atoms with van der Waals surface area (Å²) >= 11 is 0. The molecule has 0 bridgehead atoms. The molecule has 0 heterocycles. The lowest BCUT2D eigenvalue weighted by molar-refractivity contribution is -0.143. The van der Waals surface area contributed by atoms with Gasteiger partial charge in [-0.25, -0.2) is 4.79 Å². The molecule has 0 saturated heterocycles. The lowest BCUT2D eigenvalue weighted by atomic mass is 10.2. The molecule has 0 radical (unpaired) electrons. The topological polar surface area (TPSA) is 95.9 Å². The van der Waals surface area contributed by atoms with E-state index in [4.69, 9.17) is 14.9 Å². The van der Waals surface area contributed by atoms with Crippen molar-refractivity contribution in [2.45, 2.75) is 19.1 Å². The van der Waals surface area contributed by atoms with Crippen LogP contribution < -0.4 is 5.32 Å². The van der Waals surface area contributed by atoms with Gasteiger partial charge >= 0.3 is 5.97 Å². The van der Waals surface area contributed by atoms with Gasteiger partial charge < -0.3 is 20.3 Å². The summed E-state index contributed by atoms with van der Waals surface area (Å²) in [5, 5.41) is 19.7. The molecule has 0 aliphatic rings. The summed E-state index contributed by atoms with van der Waals surface area (Å²) in [6.45, 7) is -0.238. The SMILES string of the molecule is O=C(COCc1ccccc1)N[C@H](CCO)C(=O)O. The predicted octanol–water partition coefficient (Wildman–Crippen LogP) is 0.155. The number of aliphatic hydroxyl groups excluding tert-OH is 1. The number of nitrogens with one attached hydrogen (secondary N) is 1. The van der Waals surface area contributed by atoms with Crippen LogP contribution in [0.3, 0.4) is 0 Å². The standard InChI is InChI=1S/C13H17NO5/c15-7-6-11(13(17)18)14-12(16)9-19-8-10-4-2-1-3-5-10/h1-5,11,15H,6-9H2,(H,14,16)(H,17,18)/t11-/m1/s1. The molecule has 0 aliphatic carbocycles. The van der Waals surface area contributed by atoms with E-state index in [2.05, 4.69) is 5.32 Å². The van der Waals surface area contributed by atoms with Crippen molar-refractivity contribution in [3.8, 4) is 0 Å². The van der Waals surface area contributed by atoms with Crippen LogP contribution in [-0.4, -0.2) is 41.3 Å². The summed E-state index contributed by atoms with van der Waals surface area (Å²) in [5.74, 6) is -1.69. The van der Waals surface area contributed by atoms with Crippen LogP contribution in [-0.2, 0) is 20.9 Å². The normalized spacial score (nSPS) is 11.8. The number of aliphatic hydroxyl groups is 1. The van der Waals surface area contributed by atoms with Crippen LogP contribution in [0, 0.1) is 0 Å². The Bertz CT molecular complexity index is 407. The van der Waals surface area contributed by atoms with E-state index in [1.165, 1.54) is 0 Å². The molecule has 0 saturated carbocycles. The highest BCUT2D eigenvalue weighted by Crippen LogP contribution is 2.00. The van der Waals surface area contributed by atoms with E-state index in [0.717, 1.165) is 5.56 Å². The second-order valence-corrected chi connectivity index (χ2v) is 3.95. The Labute approximate surface area is 111 Å². The van der Waals surface area contributed by atoms with Crippen LogP contribution in [0.1, 0.15) is 12.0 Å². The lowest BCUT2D eigenvalue weighted by Gasteiger charge is -2.13. The van der Waals surface area contributed by atoms with Gasteiger partial charge in [-0.15, -0.1) is 0 Å². The first-order valence-corrected chi connectivity index (χ1v) is 5.88. The largest absolute Gasteiger partial charge is 0.480 e. The Morgan fingerprint density at radius 2 is 1.95 bits per heavy atom. The van der Waals surface area contributed by atoms with E-state index in [1.54, 1.807) is 0 Å². The summed E-state index contributed by atoms with van der Waals surface area (Å²) in [7, 11) is 0. The fourth-order valence-corrected chi connectivity index (χ4v) is 1.46. The molecule has 3 N–H and O–H groups in total. The fourth-order valence-electron chi connectivity index (χ4n) is 1.46. The first-order valence-electron chi connectivity index (χ1n) is 5.88. The highest BCUT2D eigenvalue weighted by atomic mass is 16.5. The molecular weight excluding hydrogens is 250 g/mol. The van der Waals surface area contributed by atoms with Gasteiger partial charge in [0.05, 0.1) is 6.61 Å². The zero-order chi connectivity index (χ0) is 14.1. The van der Waals surface area contributed by atoms with Crippen LogP contribution in [0.5, 0.6) is 0 Å².